The van der Waals surface area contributed by atoms with E-state index in [0.717, 1.165) is 19.3 Å². The van der Waals surface area contributed by atoms with Gasteiger partial charge in [0, 0.05) is 6.54 Å². The lowest BCUT2D eigenvalue weighted by Crippen LogP contribution is -2.42. The van der Waals surface area contributed by atoms with Crippen molar-refractivity contribution in [3.8, 4) is 6.07 Å². The smallest absolute Gasteiger partial charge is 0.271 e. The van der Waals surface area contributed by atoms with Crippen LogP contribution >= 0.6 is 0 Å². The molecule has 0 aromatic heterocycles. The molecule has 0 saturated carbocycles. The predicted molar refractivity (Wildman–Crippen MR) is 63.8 cm³/mol. The first-order chi connectivity index (χ1) is 8.15. The molecule has 1 aliphatic heterocycles. The van der Waals surface area contributed by atoms with Crippen LogP contribution in [0.1, 0.15) is 46.0 Å². The molecule has 0 aromatic carbocycles. The van der Waals surface area contributed by atoms with E-state index in [0.29, 0.717) is 18.5 Å². The molecule has 0 unspecified atom stereocenters. The van der Waals surface area contributed by atoms with E-state index in [1.54, 1.807) is 0 Å². The van der Waals surface area contributed by atoms with Crippen LogP contribution in [-0.4, -0.2) is 23.3 Å². The molecule has 0 aromatic rings. The fourth-order valence-electron chi connectivity index (χ4n) is 1.95. The molecule has 0 atom stereocenters. The Kier molecular flexibility index (Phi) is 4.89. The average Bonchev–Trinajstić information content (AvgIpc) is 2.29. The largest absolute Gasteiger partial charge is 0.278 e. The number of carbonyl (C=O) groups is 2. The number of unbranched alkanes of at least 4 members (excludes halogenated alkanes) is 1. The molecule has 0 N–H and O–H groups in total. The van der Waals surface area contributed by atoms with Crippen molar-refractivity contribution in [3.63, 3.8) is 0 Å². The zero-order chi connectivity index (χ0) is 12.8. The van der Waals surface area contributed by atoms with E-state index in [4.69, 9.17) is 5.26 Å². The first-order valence-electron chi connectivity index (χ1n) is 6.12. The highest BCUT2D eigenvalue weighted by molar-refractivity contribution is 6.10. The van der Waals surface area contributed by atoms with Gasteiger partial charge in [0.05, 0.1) is 6.42 Å². The van der Waals surface area contributed by atoms with Gasteiger partial charge in [-0.3, -0.25) is 14.5 Å². The molecular formula is C13H18N2O2. The summed E-state index contributed by atoms with van der Waals surface area (Å²) in [6.45, 7) is 4.40. The van der Waals surface area contributed by atoms with Gasteiger partial charge in [0.15, 0.2) is 0 Å². The van der Waals surface area contributed by atoms with E-state index in [1.165, 1.54) is 4.90 Å². The highest BCUT2D eigenvalue weighted by atomic mass is 16.2. The van der Waals surface area contributed by atoms with Gasteiger partial charge >= 0.3 is 0 Å². The molecule has 0 spiro atoms. The second-order valence-electron chi connectivity index (χ2n) is 4.22. The van der Waals surface area contributed by atoms with E-state index in [2.05, 4.69) is 0 Å². The zero-order valence-corrected chi connectivity index (χ0v) is 10.5. The maximum atomic E-state index is 12.0. The summed E-state index contributed by atoms with van der Waals surface area (Å²) in [5, 5.41) is 9.02. The molecule has 4 heteroatoms. The van der Waals surface area contributed by atoms with Crippen LogP contribution in [0.4, 0.5) is 0 Å². The third kappa shape index (κ3) is 2.94. The van der Waals surface area contributed by atoms with Crippen LogP contribution in [0, 0.1) is 11.3 Å². The van der Waals surface area contributed by atoms with E-state index < -0.39 is 5.91 Å². The summed E-state index contributed by atoms with van der Waals surface area (Å²) in [5.74, 6) is -0.563. The number of hydrogen-bond donors (Lipinski definition) is 0. The van der Waals surface area contributed by atoms with Gasteiger partial charge < -0.3 is 0 Å². The summed E-state index contributed by atoms with van der Waals surface area (Å²) in [5.41, 5.74) is 0.889. The molecule has 1 aliphatic rings. The molecule has 1 rings (SSSR count). The lowest BCUT2D eigenvalue weighted by Gasteiger charge is -2.26. The number of rotatable bonds is 5. The van der Waals surface area contributed by atoms with Gasteiger partial charge in [-0.2, -0.15) is 5.26 Å². The quantitative estimate of drug-likeness (QED) is 0.685. The van der Waals surface area contributed by atoms with E-state index in [1.807, 2.05) is 19.9 Å². The standard InChI is InChI=1S/C13H18N2O2/c1-3-5-7-15-12(16)8-10(6-4-2)11(9-14)13(15)17/h3-8H2,1-2H3. The Morgan fingerprint density at radius 1 is 1.29 bits per heavy atom. The summed E-state index contributed by atoms with van der Waals surface area (Å²) >= 11 is 0. The van der Waals surface area contributed by atoms with E-state index >= 15 is 0 Å². The van der Waals surface area contributed by atoms with Crippen molar-refractivity contribution in [1.82, 2.24) is 4.90 Å². The number of imide groups is 1. The average molecular weight is 234 g/mol. The third-order valence-corrected chi connectivity index (χ3v) is 2.88. The number of hydrogen-bond acceptors (Lipinski definition) is 3. The van der Waals surface area contributed by atoms with Crippen molar-refractivity contribution in [1.29, 1.82) is 5.26 Å². The molecule has 0 aliphatic carbocycles. The van der Waals surface area contributed by atoms with Gasteiger partial charge in [0.25, 0.3) is 5.91 Å². The van der Waals surface area contributed by atoms with Crippen molar-refractivity contribution < 1.29 is 9.59 Å². The van der Waals surface area contributed by atoms with E-state index in [-0.39, 0.29) is 17.9 Å². The van der Waals surface area contributed by atoms with Crippen LogP contribution in [-0.2, 0) is 9.59 Å². The Labute approximate surface area is 102 Å². The fraction of sp³-hybridized carbons (Fsp3) is 0.615. The van der Waals surface area contributed by atoms with E-state index in [9.17, 15) is 9.59 Å². The topological polar surface area (TPSA) is 61.2 Å². The summed E-state index contributed by atoms with van der Waals surface area (Å²) in [7, 11) is 0. The highest BCUT2D eigenvalue weighted by Gasteiger charge is 2.32. The molecular weight excluding hydrogens is 216 g/mol. The second kappa shape index (κ2) is 6.19. The Morgan fingerprint density at radius 3 is 2.53 bits per heavy atom. The number of nitriles is 1. The summed E-state index contributed by atoms with van der Waals surface area (Å²) in [6, 6.07) is 1.95. The number of carbonyl (C=O) groups excluding carboxylic acids is 2. The maximum Gasteiger partial charge on any atom is 0.271 e. The molecule has 0 radical (unpaired) electrons. The van der Waals surface area contributed by atoms with Gasteiger partial charge in [-0.15, -0.1) is 0 Å². The lowest BCUT2D eigenvalue weighted by molar-refractivity contribution is -0.143. The monoisotopic (exact) mass is 234 g/mol. The molecule has 0 bridgehead atoms. The second-order valence-corrected chi connectivity index (χ2v) is 4.22. The number of amides is 2. The Hall–Kier alpha value is -1.63. The molecule has 92 valence electrons. The minimum Gasteiger partial charge on any atom is -0.278 e. The number of nitrogens with zero attached hydrogens (tertiary/aromatic N) is 2. The van der Waals surface area contributed by atoms with Crippen molar-refractivity contribution in [2.45, 2.75) is 46.0 Å². The lowest BCUT2D eigenvalue weighted by atomic mass is 9.95. The van der Waals surface area contributed by atoms with Gasteiger partial charge in [0.1, 0.15) is 11.6 Å². The van der Waals surface area contributed by atoms with Crippen molar-refractivity contribution in [2.75, 3.05) is 6.54 Å². The molecule has 0 saturated heterocycles. The Bertz CT molecular complexity index is 391. The zero-order valence-electron chi connectivity index (χ0n) is 10.5. The SMILES string of the molecule is CCCCN1C(=O)CC(CCC)=C(C#N)C1=O. The van der Waals surface area contributed by atoms with Crippen LogP contribution in [0.5, 0.6) is 0 Å². The van der Waals surface area contributed by atoms with Crippen LogP contribution in [0.2, 0.25) is 0 Å². The molecule has 1 heterocycles. The van der Waals surface area contributed by atoms with Gasteiger partial charge in [-0.1, -0.05) is 26.7 Å². The van der Waals surface area contributed by atoms with Gasteiger partial charge in [0.2, 0.25) is 5.91 Å². The maximum absolute atomic E-state index is 12.0. The third-order valence-electron chi connectivity index (χ3n) is 2.88. The Morgan fingerprint density at radius 2 is 2.00 bits per heavy atom. The first kappa shape index (κ1) is 13.4. The minimum atomic E-state index is -0.402. The molecule has 2 amide bonds. The van der Waals surface area contributed by atoms with Crippen molar-refractivity contribution >= 4 is 11.8 Å². The van der Waals surface area contributed by atoms with Gasteiger partial charge in [-0.25, -0.2) is 0 Å². The van der Waals surface area contributed by atoms with Crippen molar-refractivity contribution in [3.05, 3.63) is 11.1 Å². The van der Waals surface area contributed by atoms with Crippen LogP contribution in [0.3, 0.4) is 0 Å². The molecule has 17 heavy (non-hydrogen) atoms. The molecule has 4 nitrogen and oxygen atoms in total. The van der Waals surface area contributed by atoms with Crippen LogP contribution < -0.4 is 0 Å². The summed E-state index contributed by atoms with van der Waals surface area (Å²) < 4.78 is 0. The predicted octanol–water partition coefficient (Wildman–Crippen LogP) is 2.17. The first-order valence-corrected chi connectivity index (χ1v) is 6.12. The highest BCUT2D eigenvalue weighted by Crippen LogP contribution is 2.24. The fourth-order valence-corrected chi connectivity index (χ4v) is 1.95. The van der Waals surface area contributed by atoms with Crippen LogP contribution in [0.25, 0.3) is 0 Å². The normalized spacial score (nSPS) is 16.4. The van der Waals surface area contributed by atoms with Crippen LogP contribution in [0.15, 0.2) is 11.1 Å². The van der Waals surface area contributed by atoms with Crippen molar-refractivity contribution in [2.24, 2.45) is 0 Å². The summed E-state index contributed by atoms with van der Waals surface area (Å²) in [4.78, 5) is 25.0. The molecule has 0 fully saturated rings. The Balaban J connectivity index is 2.94. The summed E-state index contributed by atoms with van der Waals surface area (Å²) in [6.07, 6.45) is 3.44. The minimum absolute atomic E-state index is 0.161. The van der Waals surface area contributed by atoms with Gasteiger partial charge in [-0.05, 0) is 18.4 Å².